The zero-order valence-corrected chi connectivity index (χ0v) is 17.4. The van der Waals surface area contributed by atoms with E-state index < -0.39 is 22.8 Å². The van der Waals surface area contributed by atoms with Crippen molar-refractivity contribution < 1.29 is 19.4 Å². The van der Waals surface area contributed by atoms with Gasteiger partial charge in [-0.05, 0) is 51.3 Å². The highest BCUT2D eigenvalue weighted by molar-refractivity contribution is 5.86. The Kier molecular flexibility index (Phi) is 7.56. The predicted octanol–water partition coefficient (Wildman–Crippen LogP) is 1.47. The molecule has 1 unspecified atom stereocenters. The monoisotopic (exact) mass is 420 g/mol. The van der Waals surface area contributed by atoms with Gasteiger partial charge in [-0.2, -0.15) is 0 Å². The Labute approximate surface area is 174 Å². The van der Waals surface area contributed by atoms with E-state index in [0.717, 1.165) is 18.4 Å². The van der Waals surface area contributed by atoms with Crippen molar-refractivity contribution in [1.82, 2.24) is 15.6 Å². The van der Waals surface area contributed by atoms with Gasteiger partial charge in [0.25, 0.3) is 5.96 Å². The van der Waals surface area contributed by atoms with Crippen LogP contribution in [0.1, 0.15) is 39.2 Å². The number of hydrazine groups is 1. The number of amides is 2. The van der Waals surface area contributed by atoms with Crippen molar-refractivity contribution in [3.05, 3.63) is 39.9 Å². The summed E-state index contributed by atoms with van der Waals surface area (Å²) in [4.78, 5) is 41.2. The van der Waals surface area contributed by atoms with Crippen LogP contribution in [0.25, 0.3) is 0 Å². The molecule has 1 saturated heterocycles. The average molecular weight is 420 g/mol. The van der Waals surface area contributed by atoms with E-state index in [4.69, 9.17) is 10.5 Å². The first-order valence-corrected chi connectivity index (χ1v) is 9.66. The van der Waals surface area contributed by atoms with Crippen LogP contribution >= 0.6 is 0 Å². The number of benzene rings is 1. The molecule has 1 fully saturated rings. The zero-order chi connectivity index (χ0) is 22.3. The number of guanidine groups is 1. The summed E-state index contributed by atoms with van der Waals surface area (Å²) in [5.74, 6) is -0.499. The second-order valence-corrected chi connectivity index (χ2v) is 7.97. The number of carbonyl (C=O) groups excluding carboxylic acids is 2. The van der Waals surface area contributed by atoms with Crippen molar-refractivity contribution in [1.29, 1.82) is 0 Å². The maximum atomic E-state index is 12.9. The smallest absolute Gasteiger partial charge is 0.408 e. The van der Waals surface area contributed by atoms with Gasteiger partial charge in [-0.25, -0.2) is 19.9 Å². The lowest BCUT2D eigenvalue weighted by Crippen LogP contribution is -2.50. The number of rotatable bonds is 6. The zero-order valence-electron chi connectivity index (χ0n) is 17.4. The molecule has 0 bridgehead atoms. The first-order chi connectivity index (χ1) is 14.0. The average Bonchev–Trinajstić information content (AvgIpc) is 3.14. The molecule has 1 aromatic carbocycles. The third-order valence-corrected chi connectivity index (χ3v) is 4.24. The highest BCUT2D eigenvalue weighted by Gasteiger charge is 2.29. The topological polar surface area (TPSA) is 152 Å². The number of hydrogen-bond acceptors (Lipinski definition) is 6. The minimum Gasteiger partial charge on any atom is -0.444 e. The number of nitrogens with two attached hydrogens (primary N) is 1. The second kappa shape index (κ2) is 9.90. The number of likely N-dealkylation sites (tertiary alicyclic amines) is 1. The Balaban J connectivity index is 2.11. The molecule has 0 aliphatic carbocycles. The van der Waals surface area contributed by atoms with Crippen LogP contribution in [0, 0.1) is 10.1 Å². The van der Waals surface area contributed by atoms with Gasteiger partial charge in [0.1, 0.15) is 11.6 Å². The molecule has 0 saturated carbocycles. The van der Waals surface area contributed by atoms with Gasteiger partial charge in [-0.1, -0.05) is 17.6 Å². The van der Waals surface area contributed by atoms with Crippen molar-refractivity contribution in [3.8, 4) is 0 Å². The minimum atomic E-state index is -0.801. The molecule has 11 heteroatoms. The van der Waals surface area contributed by atoms with E-state index >= 15 is 0 Å². The molecule has 2 amide bonds. The number of ether oxygens (including phenoxy) is 1. The Bertz CT molecular complexity index is 797. The Morgan fingerprint density at radius 1 is 1.27 bits per heavy atom. The molecule has 1 aromatic rings. The van der Waals surface area contributed by atoms with Gasteiger partial charge in [0.05, 0.1) is 5.69 Å². The molecule has 0 radical (unpaired) electrons. The van der Waals surface area contributed by atoms with Gasteiger partial charge >= 0.3 is 6.09 Å². The molecule has 0 aromatic heterocycles. The molecule has 164 valence electrons. The van der Waals surface area contributed by atoms with Crippen molar-refractivity contribution in [2.75, 3.05) is 13.1 Å². The highest BCUT2D eigenvalue weighted by atomic mass is 16.7. The third-order valence-electron chi connectivity index (χ3n) is 4.24. The van der Waals surface area contributed by atoms with E-state index in [0.29, 0.717) is 18.8 Å². The van der Waals surface area contributed by atoms with Crippen LogP contribution in [0.2, 0.25) is 0 Å². The van der Waals surface area contributed by atoms with Crippen molar-refractivity contribution in [3.63, 3.8) is 0 Å². The first-order valence-electron chi connectivity index (χ1n) is 9.66. The number of aliphatic imine (C=N–C) groups is 1. The number of nitrogens with one attached hydrogen (secondary N) is 2. The highest BCUT2D eigenvalue weighted by Crippen LogP contribution is 2.17. The van der Waals surface area contributed by atoms with E-state index in [1.54, 1.807) is 55.4 Å². The van der Waals surface area contributed by atoms with Gasteiger partial charge in [0, 0.05) is 19.5 Å². The van der Waals surface area contributed by atoms with E-state index in [-0.39, 0.29) is 18.3 Å². The quantitative estimate of drug-likeness (QED) is 0.273. The summed E-state index contributed by atoms with van der Waals surface area (Å²) < 4.78 is 5.30. The third kappa shape index (κ3) is 7.57. The van der Waals surface area contributed by atoms with Crippen molar-refractivity contribution in [2.24, 2.45) is 10.7 Å². The van der Waals surface area contributed by atoms with Gasteiger partial charge in [-0.15, -0.1) is 0 Å². The normalized spacial score (nSPS) is 15.4. The number of nitro groups is 1. The summed E-state index contributed by atoms with van der Waals surface area (Å²) >= 11 is 0. The lowest BCUT2D eigenvalue weighted by atomic mass is 10.0. The van der Waals surface area contributed by atoms with Crippen LogP contribution in [0.15, 0.2) is 29.3 Å². The van der Waals surface area contributed by atoms with Gasteiger partial charge in [0.15, 0.2) is 5.03 Å². The molecule has 2 rings (SSSR count). The maximum absolute atomic E-state index is 12.9. The predicted molar refractivity (Wildman–Crippen MR) is 111 cm³/mol. The fraction of sp³-hybridized carbons (Fsp3) is 0.526. The van der Waals surface area contributed by atoms with Crippen LogP contribution in [0.4, 0.5) is 10.5 Å². The Morgan fingerprint density at radius 3 is 2.40 bits per heavy atom. The summed E-state index contributed by atoms with van der Waals surface area (Å²) in [6, 6.07) is 5.91. The molecule has 1 heterocycles. The summed E-state index contributed by atoms with van der Waals surface area (Å²) in [6.07, 6.45) is 1.50. The van der Waals surface area contributed by atoms with Crippen LogP contribution in [-0.4, -0.2) is 52.6 Å². The van der Waals surface area contributed by atoms with E-state index in [9.17, 15) is 19.7 Å². The van der Waals surface area contributed by atoms with Crippen LogP contribution in [0.3, 0.4) is 0 Å². The second-order valence-electron chi connectivity index (χ2n) is 7.97. The van der Waals surface area contributed by atoms with Gasteiger partial charge in [-0.3, -0.25) is 4.79 Å². The van der Waals surface area contributed by atoms with Crippen LogP contribution < -0.4 is 16.5 Å². The molecule has 4 N–H and O–H groups in total. The lowest BCUT2D eigenvalue weighted by Gasteiger charge is -2.26. The molecule has 0 spiro atoms. The molecule has 11 nitrogen and oxygen atoms in total. The minimum absolute atomic E-state index is 0.153. The number of carbonyl (C=O) groups is 2. The lowest BCUT2D eigenvalue weighted by molar-refractivity contribution is -0.525. The largest absolute Gasteiger partial charge is 0.444 e. The van der Waals surface area contributed by atoms with Crippen molar-refractivity contribution in [2.45, 2.75) is 51.7 Å². The molecule has 1 atom stereocenters. The molecule has 1 aliphatic heterocycles. The van der Waals surface area contributed by atoms with E-state index in [2.05, 4.69) is 10.3 Å². The fourth-order valence-electron chi connectivity index (χ4n) is 3.01. The molecular formula is C19H28N6O5. The number of nitrogens with zero attached hydrogens (tertiary/aromatic N) is 3. The fourth-order valence-corrected chi connectivity index (χ4v) is 3.01. The van der Waals surface area contributed by atoms with Crippen LogP contribution in [-0.2, 0) is 16.0 Å². The van der Waals surface area contributed by atoms with E-state index in [1.807, 2.05) is 0 Å². The standard InChI is InChI=1S/C19H28N6O5/c1-19(2,3)30-18(27)22-15(16(26)24-10-4-5-11-24)12-13-6-8-14(9-7-13)21-17(20)23-25(28)29/h6-9,15H,4-5,10-12H2,1-3H3,(H,22,27)(H3,20,21,23). The molecule has 30 heavy (non-hydrogen) atoms. The Morgan fingerprint density at radius 2 is 1.87 bits per heavy atom. The van der Waals surface area contributed by atoms with Gasteiger partial charge < -0.3 is 20.7 Å². The number of alkyl carbamates (subject to hydrolysis) is 1. The summed E-state index contributed by atoms with van der Waals surface area (Å²) in [7, 11) is 0. The first kappa shape index (κ1) is 22.9. The molecular weight excluding hydrogens is 392 g/mol. The summed E-state index contributed by atoms with van der Waals surface area (Å²) in [5.41, 5.74) is 7.70. The van der Waals surface area contributed by atoms with Crippen LogP contribution in [0.5, 0.6) is 0 Å². The van der Waals surface area contributed by atoms with Crippen molar-refractivity contribution >= 4 is 23.6 Å². The Hall–Kier alpha value is -3.37. The maximum Gasteiger partial charge on any atom is 0.408 e. The van der Waals surface area contributed by atoms with E-state index in [1.165, 1.54) is 0 Å². The van der Waals surface area contributed by atoms with Gasteiger partial charge in [0.2, 0.25) is 5.91 Å². The number of hydrogen-bond donors (Lipinski definition) is 3. The summed E-state index contributed by atoms with van der Waals surface area (Å²) in [5, 5.41) is 12.3. The SMILES string of the molecule is CC(C)(C)OC(=O)NC(Cc1ccc(N=C(N)N[N+](=O)[O-])cc1)C(=O)N1CCCC1. The molecule has 1 aliphatic rings. The summed E-state index contributed by atoms with van der Waals surface area (Å²) in [6.45, 7) is 6.59.